The first-order valence-corrected chi connectivity index (χ1v) is 9.72. The molecule has 4 aliphatic rings. The first-order chi connectivity index (χ1) is 12.1. The minimum absolute atomic E-state index is 0.0767. The van der Waals surface area contributed by atoms with Gasteiger partial charge in [0.1, 0.15) is 0 Å². The molecule has 2 unspecified atom stereocenters. The summed E-state index contributed by atoms with van der Waals surface area (Å²) in [6.07, 6.45) is 9.12. The standard InChI is InChI=1S/C19H26N4O2/c24-17(25)9-19(4-3-5-19)23-11-13-8-16-14(15(13)12-23)10-20-18(21-16)22-6-1-2-7-22/h10,13,15H,1-9,11-12H2,(H,24,25). The lowest BCUT2D eigenvalue weighted by Crippen LogP contribution is -2.54. The van der Waals surface area contributed by atoms with Crippen LogP contribution < -0.4 is 4.90 Å². The van der Waals surface area contributed by atoms with Gasteiger partial charge in [0.25, 0.3) is 0 Å². The topological polar surface area (TPSA) is 69.6 Å². The minimum atomic E-state index is -0.657. The normalized spacial score (nSPS) is 30.2. The first-order valence-electron chi connectivity index (χ1n) is 9.72. The maximum atomic E-state index is 11.3. The zero-order valence-electron chi connectivity index (χ0n) is 14.7. The van der Waals surface area contributed by atoms with Crippen LogP contribution in [-0.2, 0) is 11.2 Å². The Morgan fingerprint density at radius 3 is 2.72 bits per heavy atom. The predicted octanol–water partition coefficient (Wildman–Crippen LogP) is 2.05. The molecule has 0 radical (unpaired) electrons. The number of anilines is 1. The average Bonchev–Trinajstić information content (AvgIpc) is 3.25. The second-order valence-electron chi connectivity index (χ2n) is 8.39. The van der Waals surface area contributed by atoms with Gasteiger partial charge in [0.15, 0.2) is 0 Å². The van der Waals surface area contributed by atoms with Crippen molar-refractivity contribution in [3.63, 3.8) is 0 Å². The van der Waals surface area contributed by atoms with Crippen molar-refractivity contribution in [2.75, 3.05) is 31.1 Å². The summed E-state index contributed by atoms with van der Waals surface area (Å²) in [6, 6.07) is 0. The third-order valence-corrected chi connectivity index (χ3v) is 7.01. The van der Waals surface area contributed by atoms with Crippen LogP contribution >= 0.6 is 0 Å². The van der Waals surface area contributed by atoms with Crippen LogP contribution in [0.5, 0.6) is 0 Å². The largest absolute Gasteiger partial charge is 0.481 e. The number of aromatic nitrogens is 2. The highest BCUT2D eigenvalue weighted by Gasteiger charge is 2.51. The summed E-state index contributed by atoms with van der Waals surface area (Å²) in [5.41, 5.74) is 2.49. The molecule has 1 aromatic heterocycles. The van der Waals surface area contributed by atoms with Gasteiger partial charge in [-0.2, -0.15) is 0 Å². The van der Waals surface area contributed by atoms with Gasteiger partial charge in [0.2, 0.25) is 5.95 Å². The molecule has 3 heterocycles. The molecule has 2 saturated heterocycles. The fraction of sp³-hybridized carbons (Fsp3) is 0.737. The second-order valence-corrected chi connectivity index (χ2v) is 8.39. The van der Waals surface area contributed by atoms with Crippen LogP contribution in [0.3, 0.4) is 0 Å². The number of carboxylic acids is 1. The number of likely N-dealkylation sites (tertiary alicyclic amines) is 1. The molecule has 134 valence electrons. The molecule has 1 N–H and O–H groups in total. The van der Waals surface area contributed by atoms with Gasteiger partial charge in [0, 0.05) is 49.5 Å². The highest BCUT2D eigenvalue weighted by molar-refractivity contribution is 5.68. The molecule has 2 atom stereocenters. The second kappa shape index (κ2) is 5.66. The molecule has 6 heteroatoms. The van der Waals surface area contributed by atoms with Crippen molar-refractivity contribution in [2.24, 2.45) is 5.92 Å². The number of carboxylic acid groups (broad SMARTS) is 1. The summed E-state index contributed by atoms with van der Waals surface area (Å²) < 4.78 is 0. The Hall–Kier alpha value is -1.69. The summed E-state index contributed by atoms with van der Waals surface area (Å²) in [5, 5.41) is 9.32. The van der Waals surface area contributed by atoms with E-state index < -0.39 is 5.97 Å². The third-order valence-electron chi connectivity index (χ3n) is 7.01. The van der Waals surface area contributed by atoms with Crippen molar-refractivity contribution in [1.82, 2.24) is 14.9 Å². The Labute approximate surface area is 148 Å². The van der Waals surface area contributed by atoms with Crippen molar-refractivity contribution in [3.05, 3.63) is 17.5 Å². The van der Waals surface area contributed by atoms with Gasteiger partial charge in [-0.1, -0.05) is 0 Å². The average molecular weight is 342 g/mol. The SMILES string of the molecule is O=C(O)CC1(N2CC3Cc4nc(N5CCCC5)ncc4C3C2)CCC1. The Morgan fingerprint density at radius 2 is 2.04 bits per heavy atom. The maximum absolute atomic E-state index is 11.3. The quantitative estimate of drug-likeness (QED) is 0.903. The minimum Gasteiger partial charge on any atom is -0.481 e. The Bertz CT molecular complexity index is 697. The van der Waals surface area contributed by atoms with Crippen LogP contribution in [0.25, 0.3) is 0 Å². The Balaban J connectivity index is 1.35. The summed E-state index contributed by atoms with van der Waals surface area (Å²) >= 11 is 0. The molecule has 0 spiro atoms. The molecule has 0 amide bonds. The molecule has 0 bridgehead atoms. The lowest BCUT2D eigenvalue weighted by atomic mass is 9.73. The van der Waals surface area contributed by atoms with Gasteiger partial charge in [-0.15, -0.1) is 0 Å². The molecular weight excluding hydrogens is 316 g/mol. The van der Waals surface area contributed by atoms with E-state index in [1.54, 1.807) is 0 Å². The number of aliphatic carboxylic acids is 1. The van der Waals surface area contributed by atoms with E-state index in [1.165, 1.54) is 24.1 Å². The summed E-state index contributed by atoms with van der Waals surface area (Å²) in [4.78, 5) is 25.7. The molecule has 2 aliphatic carbocycles. The van der Waals surface area contributed by atoms with E-state index in [2.05, 4.69) is 21.0 Å². The highest BCUT2D eigenvalue weighted by Crippen LogP contribution is 2.49. The molecule has 3 fully saturated rings. The molecule has 1 saturated carbocycles. The molecule has 0 aromatic carbocycles. The van der Waals surface area contributed by atoms with E-state index >= 15 is 0 Å². The lowest BCUT2D eigenvalue weighted by Gasteiger charge is -2.48. The summed E-state index contributed by atoms with van der Waals surface area (Å²) in [6.45, 7) is 4.17. The van der Waals surface area contributed by atoms with Crippen LogP contribution in [-0.4, -0.2) is 57.7 Å². The van der Waals surface area contributed by atoms with E-state index in [9.17, 15) is 9.90 Å². The summed E-state index contributed by atoms with van der Waals surface area (Å²) in [5.74, 6) is 1.34. The Morgan fingerprint density at radius 1 is 1.24 bits per heavy atom. The number of hydrogen-bond donors (Lipinski definition) is 1. The van der Waals surface area contributed by atoms with Crippen LogP contribution in [0, 0.1) is 5.92 Å². The number of hydrogen-bond acceptors (Lipinski definition) is 5. The van der Waals surface area contributed by atoms with E-state index in [-0.39, 0.29) is 5.54 Å². The van der Waals surface area contributed by atoms with E-state index in [0.29, 0.717) is 18.3 Å². The van der Waals surface area contributed by atoms with E-state index in [4.69, 9.17) is 4.98 Å². The van der Waals surface area contributed by atoms with Crippen molar-refractivity contribution in [3.8, 4) is 0 Å². The molecular formula is C19H26N4O2. The van der Waals surface area contributed by atoms with Crippen molar-refractivity contribution < 1.29 is 9.90 Å². The van der Waals surface area contributed by atoms with E-state index in [1.807, 2.05) is 0 Å². The Kier molecular flexibility index (Phi) is 3.52. The number of nitrogens with zero attached hydrogens (tertiary/aromatic N) is 4. The number of rotatable bonds is 4. The van der Waals surface area contributed by atoms with Crippen molar-refractivity contribution in [1.29, 1.82) is 0 Å². The fourth-order valence-corrected chi connectivity index (χ4v) is 5.50. The molecule has 6 nitrogen and oxygen atoms in total. The third kappa shape index (κ3) is 2.45. The van der Waals surface area contributed by atoms with Gasteiger partial charge in [-0.3, -0.25) is 9.69 Å². The van der Waals surface area contributed by atoms with Crippen LogP contribution in [0.4, 0.5) is 5.95 Å². The zero-order valence-corrected chi connectivity index (χ0v) is 14.7. The fourth-order valence-electron chi connectivity index (χ4n) is 5.50. The molecule has 1 aromatic rings. The van der Waals surface area contributed by atoms with Crippen LogP contribution in [0.2, 0.25) is 0 Å². The molecule has 25 heavy (non-hydrogen) atoms. The van der Waals surface area contributed by atoms with Gasteiger partial charge in [-0.25, -0.2) is 9.97 Å². The van der Waals surface area contributed by atoms with E-state index in [0.717, 1.165) is 57.8 Å². The monoisotopic (exact) mass is 342 g/mol. The first kappa shape index (κ1) is 15.6. The smallest absolute Gasteiger partial charge is 0.305 e. The maximum Gasteiger partial charge on any atom is 0.305 e. The van der Waals surface area contributed by atoms with Crippen molar-refractivity contribution >= 4 is 11.9 Å². The van der Waals surface area contributed by atoms with Crippen LogP contribution in [0.15, 0.2) is 6.20 Å². The van der Waals surface area contributed by atoms with Crippen LogP contribution in [0.1, 0.15) is 55.7 Å². The summed E-state index contributed by atoms with van der Waals surface area (Å²) in [7, 11) is 0. The molecule has 5 rings (SSSR count). The zero-order chi connectivity index (χ0) is 17.0. The van der Waals surface area contributed by atoms with Crippen molar-refractivity contribution in [2.45, 2.75) is 56.4 Å². The predicted molar refractivity (Wildman–Crippen MR) is 93.8 cm³/mol. The van der Waals surface area contributed by atoms with Gasteiger partial charge in [-0.05, 0) is 50.0 Å². The van der Waals surface area contributed by atoms with Gasteiger partial charge < -0.3 is 10.0 Å². The number of fused-ring (bicyclic) bond motifs is 3. The highest BCUT2D eigenvalue weighted by atomic mass is 16.4. The molecule has 2 aliphatic heterocycles. The lowest BCUT2D eigenvalue weighted by molar-refractivity contribution is -0.142. The van der Waals surface area contributed by atoms with Gasteiger partial charge >= 0.3 is 5.97 Å². The van der Waals surface area contributed by atoms with Gasteiger partial charge in [0.05, 0.1) is 6.42 Å². The number of carbonyl (C=O) groups is 1.